The molecule has 3 amide bonds. The molecule has 0 unspecified atom stereocenters. The number of nitrogens with one attached hydrogen (secondary N) is 1. The van der Waals surface area contributed by atoms with Gasteiger partial charge in [-0.2, -0.15) is 0 Å². The molecule has 136 valence electrons. The molecule has 8 nitrogen and oxygen atoms in total. The van der Waals surface area contributed by atoms with Crippen LogP contribution < -0.4 is 5.32 Å². The average molecular weight is 356 g/mol. The third-order valence-electron chi connectivity index (χ3n) is 4.17. The molecule has 2 heterocycles. The van der Waals surface area contributed by atoms with Crippen LogP contribution in [0.1, 0.15) is 49.6 Å². The molecule has 3 rings (SSSR count). The van der Waals surface area contributed by atoms with Crippen molar-refractivity contribution < 1.29 is 18.8 Å². The normalized spacial score (nSPS) is 14.3. The van der Waals surface area contributed by atoms with Crippen molar-refractivity contribution in [2.75, 3.05) is 11.9 Å². The zero-order valence-corrected chi connectivity index (χ0v) is 14.7. The van der Waals surface area contributed by atoms with Gasteiger partial charge in [-0.1, -0.05) is 43.2 Å². The van der Waals surface area contributed by atoms with Crippen LogP contribution in [-0.2, 0) is 20.8 Å². The summed E-state index contributed by atoms with van der Waals surface area (Å²) in [5.74, 6) is -0.415. The van der Waals surface area contributed by atoms with E-state index in [0.29, 0.717) is 18.2 Å². The third-order valence-corrected chi connectivity index (χ3v) is 4.17. The third kappa shape index (κ3) is 4.14. The van der Waals surface area contributed by atoms with E-state index in [2.05, 4.69) is 41.5 Å². The van der Waals surface area contributed by atoms with E-state index in [1.165, 1.54) is 5.56 Å². The molecular weight excluding hydrogens is 336 g/mol. The highest BCUT2D eigenvalue weighted by Crippen LogP contribution is 2.17. The van der Waals surface area contributed by atoms with Gasteiger partial charge in [0, 0.05) is 12.8 Å². The number of likely N-dealkylation sites (tertiary alicyclic amines) is 1. The average Bonchev–Trinajstić information content (AvgIpc) is 3.16. The molecule has 0 atom stereocenters. The lowest BCUT2D eigenvalue weighted by Gasteiger charge is -2.11. The fraction of sp³-hybridized carbons (Fsp3) is 0.389. The van der Waals surface area contributed by atoms with Gasteiger partial charge in [-0.15, -0.1) is 5.10 Å². The number of nitrogens with zero attached hydrogens (tertiary/aromatic N) is 3. The second kappa shape index (κ2) is 7.47. The molecule has 26 heavy (non-hydrogen) atoms. The van der Waals surface area contributed by atoms with Crippen LogP contribution in [0.2, 0.25) is 0 Å². The lowest BCUT2D eigenvalue weighted by atomic mass is 10.0. The van der Waals surface area contributed by atoms with Crippen LogP contribution in [0.15, 0.2) is 28.7 Å². The Morgan fingerprint density at radius 1 is 1.15 bits per heavy atom. The molecule has 2 aromatic rings. The summed E-state index contributed by atoms with van der Waals surface area (Å²) in [6, 6.07) is 8.07. The van der Waals surface area contributed by atoms with Crippen molar-refractivity contribution >= 4 is 23.7 Å². The maximum Gasteiger partial charge on any atom is 0.322 e. The van der Waals surface area contributed by atoms with Crippen LogP contribution in [-0.4, -0.2) is 39.4 Å². The molecule has 1 fully saturated rings. The lowest BCUT2D eigenvalue weighted by Crippen LogP contribution is -2.36. The van der Waals surface area contributed by atoms with Gasteiger partial charge in [0.25, 0.3) is 0 Å². The minimum atomic E-state index is -0.551. The highest BCUT2D eigenvalue weighted by molar-refractivity contribution is 6.05. The Morgan fingerprint density at radius 2 is 1.81 bits per heavy atom. The molecule has 1 aliphatic heterocycles. The van der Waals surface area contributed by atoms with E-state index < -0.39 is 5.91 Å². The number of anilines is 1. The zero-order valence-electron chi connectivity index (χ0n) is 14.7. The first-order chi connectivity index (χ1) is 12.4. The summed E-state index contributed by atoms with van der Waals surface area (Å²) in [5.41, 5.74) is 2.27. The van der Waals surface area contributed by atoms with Gasteiger partial charge in [0.2, 0.25) is 23.6 Å². The van der Waals surface area contributed by atoms with Crippen molar-refractivity contribution in [3.8, 4) is 0 Å². The summed E-state index contributed by atoms with van der Waals surface area (Å²) in [6.07, 6.45) is 0.739. The first kappa shape index (κ1) is 17.8. The standard InChI is InChI=1S/C18H20N4O4/c1-11(2)13-5-3-12(4-6-13)9-15-20-21-18(26-15)19-14(23)10-22-16(24)7-8-17(22)25/h3-6,11H,7-10H2,1-2H3,(H,19,21,23). The van der Waals surface area contributed by atoms with E-state index in [0.717, 1.165) is 10.5 Å². The number of carbonyl (C=O) groups is 3. The maximum atomic E-state index is 11.9. The smallest absolute Gasteiger partial charge is 0.322 e. The number of hydrogen-bond donors (Lipinski definition) is 1. The Bertz CT molecular complexity index is 810. The van der Waals surface area contributed by atoms with E-state index in [-0.39, 0.29) is 37.2 Å². The zero-order chi connectivity index (χ0) is 18.7. The number of amides is 3. The van der Waals surface area contributed by atoms with Crippen LogP contribution in [0.25, 0.3) is 0 Å². The number of carbonyl (C=O) groups excluding carboxylic acids is 3. The van der Waals surface area contributed by atoms with Crippen molar-refractivity contribution in [1.29, 1.82) is 0 Å². The Morgan fingerprint density at radius 3 is 2.42 bits per heavy atom. The molecule has 0 saturated carbocycles. The Balaban J connectivity index is 1.56. The Hall–Kier alpha value is -3.03. The quantitative estimate of drug-likeness (QED) is 0.792. The predicted molar refractivity (Wildman–Crippen MR) is 92.2 cm³/mol. The van der Waals surface area contributed by atoms with Crippen LogP contribution in [0, 0.1) is 0 Å². The second-order valence-electron chi connectivity index (χ2n) is 6.50. The molecule has 0 radical (unpaired) electrons. The minimum Gasteiger partial charge on any atom is -0.407 e. The van der Waals surface area contributed by atoms with Crippen molar-refractivity contribution in [3.05, 3.63) is 41.3 Å². The molecule has 1 aromatic carbocycles. The monoisotopic (exact) mass is 356 g/mol. The van der Waals surface area contributed by atoms with Gasteiger partial charge in [-0.05, 0) is 17.0 Å². The number of benzene rings is 1. The first-order valence-corrected chi connectivity index (χ1v) is 8.46. The van der Waals surface area contributed by atoms with Crippen LogP contribution in [0.4, 0.5) is 6.01 Å². The van der Waals surface area contributed by atoms with Gasteiger partial charge >= 0.3 is 6.01 Å². The highest BCUT2D eigenvalue weighted by atomic mass is 16.4. The minimum absolute atomic E-state index is 0.0529. The first-order valence-electron chi connectivity index (χ1n) is 8.46. The number of hydrogen-bond acceptors (Lipinski definition) is 6. The van der Waals surface area contributed by atoms with Gasteiger partial charge in [0.05, 0.1) is 6.42 Å². The van der Waals surface area contributed by atoms with E-state index in [9.17, 15) is 14.4 Å². The molecular formula is C18H20N4O4. The second-order valence-corrected chi connectivity index (χ2v) is 6.50. The van der Waals surface area contributed by atoms with Crippen molar-refractivity contribution in [1.82, 2.24) is 15.1 Å². The van der Waals surface area contributed by atoms with E-state index in [1.54, 1.807) is 0 Å². The summed E-state index contributed by atoms with van der Waals surface area (Å²) < 4.78 is 5.41. The molecule has 1 aliphatic rings. The van der Waals surface area contributed by atoms with Crippen LogP contribution >= 0.6 is 0 Å². The van der Waals surface area contributed by atoms with E-state index >= 15 is 0 Å². The van der Waals surface area contributed by atoms with E-state index in [4.69, 9.17) is 4.42 Å². The summed E-state index contributed by atoms with van der Waals surface area (Å²) in [5, 5.41) is 10.1. The van der Waals surface area contributed by atoms with Crippen LogP contribution in [0.3, 0.4) is 0 Å². The molecule has 0 aliphatic carbocycles. The summed E-state index contributed by atoms with van der Waals surface area (Å²) in [4.78, 5) is 35.9. The maximum absolute atomic E-state index is 11.9. The van der Waals surface area contributed by atoms with E-state index in [1.807, 2.05) is 12.1 Å². The molecule has 1 N–H and O–H groups in total. The van der Waals surface area contributed by atoms with Crippen LogP contribution in [0.5, 0.6) is 0 Å². The highest BCUT2D eigenvalue weighted by Gasteiger charge is 2.30. The molecule has 0 spiro atoms. The topological polar surface area (TPSA) is 105 Å². The van der Waals surface area contributed by atoms with Gasteiger partial charge in [-0.25, -0.2) is 0 Å². The fourth-order valence-electron chi connectivity index (χ4n) is 2.67. The Labute approximate surface area is 150 Å². The van der Waals surface area contributed by atoms with Crippen molar-refractivity contribution in [2.24, 2.45) is 0 Å². The molecule has 8 heteroatoms. The summed E-state index contributed by atoms with van der Waals surface area (Å²) >= 11 is 0. The fourth-order valence-corrected chi connectivity index (χ4v) is 2.67. The number of aromatic nitrogens is 2. The predicted octanol–water partition coefficient (Wildman–Crippen LogP) is 1.87. The SMILES string of the molecule is CC(C)c1ccc(Cc2nnc(NC(=O)CN3C(=O)CCC3=O)o2)cc1. The Kier molecular flexibility index (Phi) is 5.11. The van der Waals surface area contributed by atoms with Gasteiger partial charge in [-0.3, -0.25) is 24.6 Å². The largest absolute Gasteiger partial charge is 0.407 e. The number of imide groups is 1. The molecule has 0 bridgehead atoms. The van der Waals surface area contributed by atoms with Gasteiger partial charge < -0.3 is 4.42 Å². The summed E-state index contributed by atoms with van der Waals surface area (Å²) in [6.45, 7) is 3.92. The molecule has 1 saturated heterocycles. The number of rotatable bonds is 6. The van der Waals surface area contributed by atoms with Gasteiger partial charge in [0.15, 0.2) is 0 Å². The van der Waals surface area contributed by atoms with Crippen molar-refractivity contribution in [2.45, 2.75) is 39.0 Å². The molecule has 1 aromatic heterocycles. The van der Waals surface area contributed by atoms with Gasteiger partial charge in [0.1, 0.15) is 6.54 Å². The lowest BCUT2D eigenvalue weighted by molar-refractivity contribution is -0.141. The summed E-state index contributed by atoms with van der Waals surface area (Å²) in [7, 11) is 0. The van der Waals surface area contributed by atoms with Crippen molar-refractivity contribution in [3.63, 3.8) is 0 Å².